The van der Waals surface area contributed by atoms with E-state index in [0.717, 1.165) is 11.3 Å². The second-order valence-electron chi connectivity index (χ2n) is 4.37. The summed E-state index contributed by atoms with van der Waals surface area (Å²) in [5.41, 5.74) is -0.255. The van der Waals surface area contributed by atoms with E-state index in [0.29, 0.717) is 9.50 Å². The highest BCUT2D eigenvalue weighted by molar-refractivity contribution is 8.00. The van der Waals surface area contributed by atoms with E-state index in [1.165, 1.54) is 18.0 Å². The van der Waals surface area contributed by atoms with Gasteiger partial charge in [-0.15, -0.1) is 5.10 Å². The van der Waals surface area contributed by atoms with Crippen LogP contribution in [0.1, 0.15) is 20.8 Å². The van der Waals surface area contributed by atoms with Crippen LogP contribution < -0.4 is 0 Å². The van der Waals surface area contributed by atoms with Crippen molar-refractivity contribution in [3.05, 3.63) is 16.3 Å². The van der Waals surface area contributed by atoms with Crippen LogP contribution in [-0.2, 0) is 5.54 Å². The third kappa shape index (κ3) is 2.64. The van der Waals surface area contributed by atoms with Gasteiger partial charge in [0, 0.05) is 0 Å². The first kappa shape index (κ1) is 12.9. The predicted octanol–water partition coefficient (Wildman–Crippen LogP) is 1.94. The minimum absolute atomic E-state index is 0.00674. The van der Waals surface area contributed by atoms with Crippen molar-refractivity contribution in [2.75, 3.05) is 0 Å². The molecule has 2 aromatic heterocycles. The highest BCUT2D eigenvalue weighted by Gasteiger charge is 2.22. The van der Waals surface area contributed by atoms with E-state index in [4.69, 9.17) is 0 Å². The lowest BCUT2D eigenvalue weighted by molar-refractivity contribution is -0.380. The summed E-state index contributed by atoms with van der Waals surface area (Å²) in [5, 5.41) is 22.5. The Morgan fingerprint density at radius 1 is 1.50 bits per heavy atom. The van der Waals surface area contributed by atoms with E-state index in [-0.39, 0.29) is 10.5 Å². The summed E-state index contributed by atoms with van der Waals surface area (Å²) in [6.45, 7) is 5.91. The van der Waals surface area contributed by atoms with Gasteiger partial charge < -0.3 is 0 Å². The van der Waals surface area contributed by atoms with Gasteiger partial charge in [-0.05, 0) is 54.3 Å². The minimum Gasteiger partial charge on any atom is -0.257 e. The number of nitro groups is 1. The Hall–Kier alpha value is -1.55. The van der Waals surface area contributed by atoms with E-state index in [9.17, 15) is 10.1 Å². The Morgan fingerprint density at radius 3 is 2.78 bits per heavy atom. The van der Waals surface area contributed by atoms with Gasteiger partial charge in [0.25, 0.3) is 0 Å². The third-order valence-electron chi connectivity index (χ3n) is 1.91. The number of hydrogen-bond acceptors (Lipinski definition) is 8. The second-order valence-corrected chi connectivity index (χ2v) is 6.59. The molecule has 0 unspecified atom stereocenters. The number of thiazole rings is 1. The molecule has 10 heteroatoms. The van der Waals surface area contributed by atoms with Crippen LogP contribution >= 0.6 is 23.1 Å². The monoisotopic (exact) mass is 286 g/mol. The SMILES string of the molecule is CC(C)(C)n1nnnc1Sc1ncc([N+](=O)[O-])s1. The van der Waals surface area contributed by atoms with Crippen molar-refractivity contribution < 1.29 is 4.92 Å². The van der Waals surface area contributed by atoms with Gasteiger partial charge in [-0.3, -0.25) is 10.1 Å². The van der Waals surface area contributed by atoms with Crippen molar-refractivity contribution in [2.45, 2.75) is 35.8 Å². The van der Waals surface area contributed by atoms with Gasteiger partial charge in [0.05, 0.1) is 10.5 Å². The van der Waals surface area contributed by atoms with Crippen LogP contribution in [0, 0.1) is 10.1 Å². The lowest BCUT2D eigenvalue weighted by Gasteiger charge is -2.18. The lowest BCUT2D eigenvalue weighted by atomic mass is 10.1. The molecule has 2 heterocycles. The molecule has 96 valence electrons. The van der Waals surface area contributed by atoms with Crippen LogP contribution in [0.5, 0.6) is 0 Å². The lowest BCUT2D eigenvalue weighted by Crippen LogP contribution is -2.24. The summed E-state index contributed by atoms with van der Waals surface area (Å²) in [5.74, 6) is 0. The normalized spacial score (nSPS) is 11.7. The van der Waals surface area contributed by atoms with Gasteiger partial charge in [0.15, 0.2) is 4.34 Å². The molecule has 0 radical (unpaired) electrons. The number of tetrazole rings is 1. The summed E-state index contributed by atoms with van der Waals surface area (Å²) in [7, 11) is 0. The largest absolute Gasteiger partial charge is 0.344 e. The summed E-state index contributed by atoms with van der Waals surface area (Å²) in [6, 6.07) is 0. The molecule has 0 amide bonds. The molecule has 0 saturated heterocycles. The minimum atomic E-state index is -0.464. The maximum absolute atomic E-state index is 10.6. The van der Waals surface area contributed by atoms with Gasteiger partial charge in [0.1, 0.15) is 6.20 Å². The van der Waals surface area contributed by atoms with Crippen LogP contribution in [-0.4, -0.2) is 30.1 Å². The van der Waals surface area contributed by atoms with Crippen LogP contribution in [0.2, 0.25) is 0 Å². The van der Waals surface area contributed by atoms with Crippen molar-refractivity contribution in [3.63, 3.8) is 0 Å². The fourth-order valence-electron chi connectivity index (χ4n) is 1.12. The fourth-order valence-corrected chi connectivity index (χ4v) is 2.97. The number of nitrogens with zero attached hydrogens (tertiary/aromatic N) is 6. The molecule has 8 nitrogen and oxygen atoms in total. The number of rotatable bonds is 3. The van der Waals surface area contributed by atoms with Gasteiger partial charge in [0.2, 0.25) is 5.16 Å². The van der Waals surface area contributed by atoms with E-state index in [2.05, 4.69) is 20.5 Å². The first-order valence-electron chi connectivity index (χ1n) is 4.95. The molecule has 2 aromatic rings. The first-order chi connectivity index (χ1) is 8.38. The molecule has 0 aliphatic rings. The predicted molar refractivity (Wildman–Crippen MR) is 65.7 cm³/mol. The Labute approximate surface area is 111 Å². The van der Waals surface area contributed by atoms with Crippen molar-refractivity contribution in [2.24, 2.45) is 0 Å². The maximum atomic E-state index is 10.6. The van der Waals surface area contributed by atoms with E-state index < -0.39 is 4.92 Å². The Morgan fingerprint density at radius 2 is 2.22 bits per heavy atom. The molecule has 0 spiro atoms. The molecule has 0 aromatic carbocycles. The maximum Gasteiger partial charge on any atom is 0.344 e. The Balaban J connectivity index is 2.24. The van der Waals surface area contributed by atoms with Gasteiger partial charge >= 0.3 is 5.00 Å². The average molecular weight is 286 g/mol. The third-order valence-corrected chi connectivity index (χ3v) is 3.87. The highest BCUT2D eigenvalue weighted by Crippen LogP contribution is 2.34. The topological polar surface area (TPSA) is 99.6 Å². The zero-order chi connectivity index (χ0) is 13.3. The summed E-state index contributed by atoms with van der Waals surface area (Å²) in [6.07, 6.45) is 1.23. The number of hydrogen-bond donors (Lipinski definition) is 0. The second kappa shape index (κ2) is 4.61. The standard InChI is InChI=1S/C8H10N6O2S2/c1-8(2,3)13-6(10-11-12-13)18-7-9-4-5(17-7)14(15)16/h4H,1-3H3. The highest BCUT2D eigenvalue weighted by atomic mass is 32.2. The summed E-state index contributed by atoms with van der Waals surface area (Å²) >= 11 is 2.22. The number of aromatic nitrogens is 5. The molecular weight excluding hydrogens is 276 g/mol. The molecule has 0 saturated carbocycles. The Bertz CT molecular complexity index is 572. The smallest absolute Gasteiger partial charge is 0.257 e. The van der Waals surface area contributed by atoms with Crippen LogP contribution in [0.4, 0.5) is 5.00 Å². The van der Waals surface area contributed by atoms with Crippen LogP contribution in [0.25, 0.3) is 0 Å². The fraction of sp³-hybridized carbons (Fsp3) is 0.500. The summed E-state index contributed by atoms with van der Waals surface area (Å²) in [4.78, 5) is 14.1. The zero-order valence-electron chi connectivity index (χ0n) is 9.89. The van der Waals surface area contributed by atoms with Crippen molar-refractivity contribution in [1.29, 1.82) is 0 Å². The van der Waals surface area contributed by atoms with Crippen molar-refractivity contribution in [3.8, 4) is 0 Å². The van der Waals surface area contributed by atoms with Gasteiger partial charge in [-0.1, -0.05) is 0 Å². The first-order valence-corrected chi connectivity index (χ1v) is 6.58. The zero-order valence-corrected chi connectivity index (χ0v) is 11.5. The van der Waals surface area contributed by atoms with E-state index >= 15 is 0 Å². The molecule has 0 aliphatic carbocycles. The van der Waals surface area contributed by atoms with Crippen molar-refractivity contribution in [1.82, 2.24) is 25.2 Å². The average Bonchev–Trinajstić information content (AvgIpc) is 2.85. The van der Waals surface area contributed by atoms with Gasteiger partial charge in [-0.25, -0.2) is 9.67 Å². The molecule has 18 heavy (non-hydrogen) atoms. The van der Waals surface area contributed by atoms with Crippen molar-refractivity contribution >= 4 is 28.1 Å². The van der Waals surface area contributed by atoms with Gasteiger partial charge in [-0.2, -0.15) is 0 Å². The van der Waals surface area contributed by atoms with Crippen LogP contribution in [0.3, 0.4) is 0 Å². The molecular formula is C8H10N6O2S2. The molecule has 0 N–H and O–H groups in total. The molecule has 0 bridgehead atoms. The molecule has 0 fully saturated rings. The van der Waals surface area contributed by atoms with Crippen LogP contribution in [0.15, 0.2) is 15.7 Å². The Kier molecular flexibility index (Phi) is 3.30. The molecule has 0 aliphatic heterocycles. The quantitative estimate of drug-likeness (QED) is 0.627. The molecule has 2 rings (SSSR count). The summed E-state index contributed by atoms with van der Waals surface area (Å²) < 4.78 is 2.20. The molecule has 0 atom stereocenters. The van der Waals surface area contributed by atoms with E-state index in [1.54, 1.807) is 4.68 Å². The van der Waals surface area contributed by atoms with E-state index in [1.807, 2.05) is 20.8 Å².